The maximum absolute atomic E-state index is 12.3. The molecule has 0 unspecified atom stereocenters. The third-order valence-electron chi connectivity index (χ3n) is 4.93. The molecular weight excluding hydrogens is 310 g/mol. The van der Waals surface area contributed by atoms with Gasteiger partial charge in [-0.15, -0.1) is 0 Å². The minimum atomic E-state index is -0.686. The number of carbonyl (C=O) groups is 1. The first-order valence-electron chi connectivity index (χ1n) is 8.76. The summed E-state index contributed by atoms with van der Waals surface area (Å²) in [5.74, 6) is -0.122. The molecule has 2 fully saturated rings. The van der Waals surface area contributed by atoms with Crippen LogP contribution in [-0.2, 0) is 9.53 Å². The second-order valence-electron chi connectivity index (χ2n) is 7.08. The summed E-state index contributed by atoms with van der Waals surface area (Å²) in [7, 11) is 3.06. The van der Waals surface area contributed by atoms with Crippen LogP contribution >= 0.6 is 0 Å². The number of β-amino-alcohol motifs (C(OH)–C–C–N with tert-alkyl or cyclic N) is 1. The Balaban J connectivity index is 1.84. The molecule has 1 saturated carbocycles. The Labute approximate surface area is 144 Å². The van der Waals surface area contributed by atoms with Gasteiger partial charge in [-0.2, -0.15) is 5.06 Å². The number of carbonyl (C=O) groups excluding carboxylic acids is 1. The van der Waals surface area contributed by atoms with Crippen LogP contribution in [0.3, 0.4) is 0 Å². The summed E-state index contributed by atoms with van der Waals surface area (Å²) < 4.78 is 4.99. The molecule has 3 N–H and O–H groups in total. The summed E-state index contributed by atoms with van der Waals surface area (Å²) in [6.45, 7) is 3.24. The Morgan fingerprint density at radius 2 is 2.25 bits per heavy atom. The number of allylic oxidation sites excluding steroid dienone is 1. The van der Waals surface area contributed by atoms with E-state index in [2.05, 4.69) is 17.6 Å². The number of hydrogen-bond donors (Lipinski definition) is 3. The van der Waals surface area contributed by atoms with Gasteiger partial charge in [0, 0.05) is 32.1 Å². The van der Waals surface area contributed by atoms with Crippen LogP contribution in [-0.4, -0.2) is 71.3 Å². The molecule has 0 amide bonds. The van der Waals surface area contributed by atoms with Gasteiger partial charge in [0.1, 0.15) is 5.54 Å². The topological polar surface area (TPSA) is 85.3 Å². The van der Waals surface area contributed by atoms with Crippen LogP contribution < -0.4 is 5.43 Å². The molecular formula is C17H31N3O4. The lowest BCUT2D eigenvalue weighted by Gasteiger charge is -2.27. The summed E-state index contributed by atoms with van der Waals surface area (Å²) in [6.07, 6.45) is 8.15. The average molecular weight is 341 g/mol. The third kappa shape index (κ3) is 4.77. The van der Waals surface area contributed by atoms with E-state index in [0.29, 0.717) is 19.5 Å². The van der Waals surface area contributed by atoms with E-state index >= 15 is 0 Å². The van der Waals surface area contributed by atoms with E-state index in [1.54, 1.807) is 7.05 Å². The summed E-state index contributed by atoms with van der Waals surface area (Å²) >= 11 is 0. The minimum absolute atomic E-state index is 0.121. The molecule has 0 aromatic heterocycles. The zero-order chi connectivity index (χ0) is 17.7. The zero-order valence-corrected chi connectivity index (χ0v) is 14.9. The van der Waals surface area contributed by atoms with Crippen LogP contribution in [0, 0.1) is 5.92 Å². The van der Waals surface area contributed by atoms with E-state index in [1.165, 1.54) is 12.2 Å². The normalized spacial score (nSPS) is 33.5. The molecule has 2 aliphatic rings. The predicted octanol–water partition coefficient (Wildman–Crippen LogP) is 0.925. The third-order valence-corrected chi connectivity index (χ3v) is 4.93. The van der Waals surface area contributed by atoms with Gasteiger partial charge in [0.25, 0.3) is 0 Å². The Bertz CT molecular complexity index is 457. The van der Waals surface area contributed by atoms with Gasteiger partial charge >= 0.3 is 5.97 Å². The molecule has 24 heavy (non-hydrogen) atoms. The number of esters is 1. The fourth-order valence-electron chi connectivity index (χ4n) is 3.39. The lowest BCUT2D eigenvalue weighted by atomic mass is 10.1. The van der Waals surface area contributed by atoms with Crippen molar-refractivity contribution in [2.75, 3.05) is 27.2 Å². The SMILES string of the molecule is COC(=O)[C@@]1(NN2C[C@H](O)C[C@H]2C)C[C@H]1/C=C\CCCCN(C)O. The lowest BCUT2D eigenvalue weighted by Crippen LogP contribution is -2.53. The summed E-state index contributed by atoms with van der Waals surface area (Å²) in [5, 5.41) is 22.0. The van der Waals surface area contributed by atoms with Crippen molar-refractivity contribution >= 4 is 5.97 Å². The van der Waals surface area contributed by atoms with Crippen molar-refractivity contribution in [3.8, 4) is 0 Å². The monoisotopic (exact) mass is 341 g/mol. The molecule has 2 rings (SSSR count). The first-order valence-corrected chi connectivity index (χ1v) is 8.76. The van der Waals surface area contributed by atoms with Crippen LogP contribution in [0.4, 0.5) is 0 Å². The second kappa shape index (κ2) is 8.40. The number of hydrogen-bond acceptors (Lipinski definition) is 7. The van der Waals surface area contributed by atoms with E-state index in [0.717, 1.165) is 25.7 Å². The molecule has 138 valence electrons. The van der Waals surface area contributed by atoms with Gasteiger partial charge in [-0.25, -0.2) is 15.2 Å². The molecule has 0 aromatic carbocycles. The number of rotatable bonds is 9. The molecule has 0 bridgehead atoms. The molecule has 0 radical (unpaired) electrons. The maximum Gasteiger partial charge on any atom is 0.328 e. The number of aliphatic hydroxyl groups excluding tert-OH is 1. The summed E-state index contributed by atoms with van der Waals surface area (Å²) in [4.78, 5) is 12.3. The number of hydrazine groups is 1. The smallest absolute Gasteiger partial charge is 0.328 e. The van der Waals surface area contributed by atoms with Gasteiger partial charge < -0.3 is 15.1 Å². The average Bonchev–Trinajstić information content (AvgIpc) is 3.13. The van der Waals surface area contributed by atoms with Gasteiger partial charge in [0.15, 0.2) is 0 Å². The highest BCUT2D eigenvalue weighted by Crippen LogP contribution is 2.46. The molecule has 7 heteroatoms. The second-order valence-corrected chi connectivity index (χ2v) is 7.08. The van der Waals surface area contributed by atoms with E-state index < -0.39 is 5.54 Å². The molecule has 7 nitrogen and oxygen atoms in total. The van der Waals surface area contributed by atoms with E-state index in [4.69, 9.17) is 9.94 Å². The first kappa shape index (κ1) is 19.3. The van der Waals surface area contributed by atoms with Crippen molar-refractivity contribution < 1.29 is 19.8 Å². The van der Waals surface area contributed by atoms with Crippen molar-refractivity contribution in [3.05, 3.63) is 12.2 Å². The predicted molar refractivity (Wildman–Crippen MR) is 90.2 cm³/mol. The quantitative estimate of drug-likeness (QED) is 0.249. The van der Waals surface area contributed by atoms with Gasteiger partial charge in [0.2, 0.25) is 0 Å². The summed E-state index contributed by atoms with van der Waals surface area (Å²) in [5.41, 5.74) is 2.64. The van der Waals surface area contributed by atoms with Crippen LogP contribution in [0.2, 0.25) is 0 Å². The fourth-order valence-corrected chi connectivity index (χ4v) is 3.39. The number of ether oxygens (including phenoxy) is 1. The number of aliphatic hydroxyl groups is 1. The molecule has 1 aliphatic carbocycles. The Kier molecular flexibility index (Phi) is 6.77. The van der Waals surface area contributed by atoms with Crippen molar-refractivity contribution in [1.29, 1.82) is 0 Å². The van der Waals surface area contributed by atoms with Gasteiger partial charge in [-0.1, -0.05) is 12.2 Å². The van der Waals surface area contributed by atoms with Crippen LogP contribution in [0.5, 0.6) is 0 Å². The number of hydroxylamine groups is 2. The highest BCUT2D eigenvalue weighted by molar-refractivity contribution is 5.85. The molecule has 0 aromatic rings. The van der Waals surface area contributed by atoms with Crippen LogP contribution in [0.25, 0.3) is 0 Å². The number of methoxy groups -OCH3 is 1. The van der Waals surface area contributed by atoms with E-state index in [-0.39, 0.29) is 24.0 Å². The number of nitrogens with zero attached hydrogens (tertiary/aromatic N) is 2. The first-order chi connectivity index (χ1) is 11.4. The maximum atomic E-state index is 12.3. The van der Waals surface area contributed by atoms with E-state index in [9.17, 15) is 9.90 Å². The standard InChI is InChI=1S/C17H31N3O4/c1-13-10-15(21)12-20(13)18-17(16(22)24-3)11-14(17)8-6-4-5-7-9-19(2)23/h6,8,13-15,18,21,23H,4-5,7,9-12H2,1-3H3/b8-6-/t13-,14-,15-,17-/m1/s1. The fraction of sp³-hybridized carbons (Fsp3) is 0.824. The molecule has 1 saturated heterocycles. The Hall–Kier alpha value is -0.990. The minimum Gasteiger partial charge on any atom is -0.468 e. The molecule has 0 spiro atoms. The Morgan fingerprint density at radius 3 is 2.83 bits per heavy atom. The van der Waals surface area contributed by atoms with E-state index in [1.807, 2.05) is 11.9 Å². The largest absolute Gasteiger partial charge is 0.468 e. The van der Waals surface area contributed by atoms with Gasteiger partial charge in [0.05, 0.1) is 13.2 Å². The number of nitrogens with one attached hydrogen (secondary N) is 1. The zero-order valence-electron chi connectivity index (χ0n) is 14.9. The Morgan fingerprint density at radius 1 is 1.50 bits per heavy atom. The summed E-state index contributed by atoms with van der Waals surface area (Å²) in [6, 6.07) is 0.197. The highest BCUT2D eigenvalue weighted by atomic mass is 16.5. The van der Waals surface area contributed by atoms with Gasteiger partial charge in [-0.05, 0) is 39.0 Å². The molecule has 4 atom stereocenters. The number of unbranched alkanes of at least 4 members (excludes halogenated alkanes) is 2. The van der Waals surface area contributed by atoms with Gasteiger partial charge in [-0.3, -0.25) is 0 Å². The highest BCUT2D eigenvalue weighted by Gasteiger charge is 2.61. The molecule has 1 aliphatic heterocycles. The van der Waals surface area contributed by atoms with Crippen molar-refractivity contribution in [2.24, 2.45) is 5.92 Å². The van der Waals surface area contributed by atoms with Crippen LogP contribution in [0.15, 0.2) is 12.2 Å². The van der Waals surface area contributed by atoms with Crippen molar-refractivity contribution in [3.63, 3.8) is 0 Å². The van der Waals surface area contributed by atoms with Crippen molar-refractivity contribution in [1.82, 2.24) is 15.5 Å². The lowest BCUT2D eigenvalue weighted by molar-refractivity contribution is -0.147. The van der Waals surface area contributed by atoms with Crippen LogP contribution in [0.1, 0.15) is 39.0 Å². The molecule has 1 heterocycles. The van der Waals surface area contributed by atoms with Crippen molar-refractivity contribution in [2.45, 2.75) is 56.7 Å².